The second-order valence-corrected chi connectivity index (χ2v) is 6.99. The minimum absolute atomic E-state index is 0.157. The van der Waals surface area contributed by atoms with Gasteiger partial charge in [0.05, 0.1) is 16.8 Å². The average Bonchev–Trinajstić information content (AvgIpc) is 2.61. The van der Waals surface area contributed by atoms with E-state index in [0.29, 0.717) is 6.61 Å². The summed E-state index contributed by atoms with van der Waals surface area (Å²) in [5.41, 5.74) is 1.66. The van der Waals surface area contributed by atoms with Crippen LogP contribution in [0.15, 0.2) is 16.5 Å². The quantitative estimate of drug-likeness (QED) is 0.860. The number of aromatic nitrogens is 1. The first-order chi connectivity index (χ1) is 7.91. The molecule has 4 nitrogen and oxygen atoms in total. The molecule has 0 fully saturated rings. The molecule has 0 aliphatic heterocycles. The zero-order valence-corrected chi connectivity index (χ0v) is 11.5. The molecule has 0 N–H and O–H groups in total. The maximum absolute atomic E-state index is 11.4. The number of benzene rings is 1. The Hall–Kier alpha value is -1.14. The van der Waals surface area contributed by atoms with Gasteiger partial charge in [0.2, 0.25) is 14.2 Å². The molecule has 2 rings (SSSR count). The first kappa shape index (κ1) is 12.3. The van der Waals surface area contributed by atoms with Crippen molar-refractivity contribution in [1.29, 1.82) is 0 Å². The molecule has 1 aromatic heterocycles. The zero-order valence-electron chi connectivity index (χ0n) is 9.85. The number of hydrogen-bond donors (Lipinski definition) is 0. The Bertz CT molecular complexity index is 659. The van der Waals surface area contributed by atoms with Crippen molar-refractivity contribution in [2.24, 2.45) is 0 Å². The lowest BCUT2D eigenvalue weighted by Gasteiger charge is -2.03. The molecule has 0 radical (unpaired) electrons. The Balaban J connectivity index is 2.65. The van der Waals surface area contributed by atoms with Crippen molar-refractivity contribution in [3.8, 4) is 5.75 Å². The summed E-state index contributed by atoms with van der Waals surface area (Å²) in [6.07, 6.45) is 1.17. The highest BCUT2D eigenvalue weighted by atomic mass is 32.2. The predicted octanol–water partition coefficient (Wildman–Crippen LogP) is 2.41. The van der Waals surface area contributed by atoms with Crippen LogP contribution in [0.4, 0.5) is 0 Å². The highest BCUT2D eigenvalue weighted by molar-refractivity contribution is 7.92. The fraction of sp³-hybridized carbons (Fsp3) is 0.364. The smallest absolute Gasteiger partial charge is 0.210 e. The molecule has 92 valence electrons. The number of sulfone groups is 1. The monoisotopic (exact) mass is 271 g/mol. The summed E-state index contributed by atoms with van der Waals surface area (Å²) in [7, 11) is -3.24. The van der Waals surface area contributed by atoms with E-state index in [1.165, 1.54) is 17.6 Å². The summed E-state index contributed by atoms with van der Waals surface area (Å²) in [4.78, 5) is 4.16. The lowest BCUT2D eigenvalue weighted by molar-refractivity contribution is 0.340. The summed E-state index contributed by atoms with van der Waals surface area (Å²) < 4.78 is 29.3. The van der Waals surface area contributed by atoms with Gasteiger partial charge in [0.15, 0.2) is 0 Å². The van der Waals surface area contributed by atoms with Crippen molar-refractivity contribution in [2.75, 3.05) is 12.9 Å². The van der Waals surface area contributed by atoms with Crippen LogP contribution in [0.5, 0.6) is 5.75 Å². The molecule has 2 aromatic rings. The normalized spacial score (nSPS) is 11.9. The topological polar surface area (TPSA) is 56.3 Å². The maximum Gasteiger partial charge on any atom is 0.210 e. The van der Waals surface area contributed by atoms with Crippen LogP contribution in [0, 0.1) is 6.92 Å². The molecule has 0 saturated carbocycles. The van der Waals surface area contributed by atoms with Gasteiger partial charge < -0.3 is 4.74 Å². The first-order valence-corrected chi connectivity index (χ1v) is 7.86. The van der Waals surface area contributed by atoms with E-state index in [1.807, 2.05) is 26.0 Å². The molecule has 0 aliphatic rings. The SMILES string of the molecule is CCOc1cc(C)c2nc(S(C)(=O)=O)sc2c1. The fourth-order valence-electron chi connectivity index (χ4n) is 1.55. The van der Waals surface area contributed by atoms with Gasteiger partial charge in [-0.2, -0.15) is 0 Å². The van der Waals surface area contributed by atoms with Crippen molar-refractivity contribution in [3.63, 3.8) is 0 Å². The second-order valence-electron chi connectivity index (χ2n) is 3.77. The lowest BCUT2D eigenvalue weighted by atomic mass is 10.2. The summed E-state index contributed by atoms with van der Waals surface area (Å²) >= 11 is 1.18. The Labute approximate surface area is 104 Å². The van der Waals surface area contributed by atoms with Gasteiger partial charge in [0.25, 0.3) is 0 Å². The highest BCUT2D eigenvalue weighted by Gasteiger charge is 2.15. The van der Waals surface area contributed by atoms with E-state index in [1.54, 1.807) is 0 Å². The third kappa shape index (κ3) is 2.42. The summed E-state index contributed by atoms with van der Waals surface area (Å²) in [5, 5.41) is 0. The number of ether oxygens (including phenoxy) is 1. The van der Waals surface area contributed by atoms with Crippen LogP contribution in [0.2, 0.25) is 0 Å². The van der Waals surface area contributed by atoms with Crippen LogP contribution in [0.3, 0.4) is 0 Å². The van der Waals surface area contributed by atoms with Crippen LogP contribution in [-0.2, 0) is 9.84 Å². The third-order valence-corrected chi connectivity index (χ3v) is 4.95. The van der Waals surface area contributed by atoms with Gasteiger partial charge in [-0.3, -0.25) is 0 Å². The number of hydrogen-bond acceptors (Lipinski definition) is 5. The van der Waals surface area contributed by atoms with Crippen LogP contribution in [-0.4, -0.2) is 26.3 Å². The second kappa shape index (κ2) is 4.27. The molecule has 6 heteroatoms. The van der Waals surface area contributed by atoms with Crippen LogP contribution >= 0.6 is 11.3 Å². The molecule has 0 aliphatic carbocycles. The van der Waals surface area contributed by atoms with Gasteiger partial charge in [0, 0.05) is 6.26 Å². The van der Waals surface area contributed by atoms with E-state index >= 15 is 0 Å². The minimum Gasteiger partial charge on any atom is -0.494 e. The van der Waals surface area contributed by atoms with E-state index < -0.39 is 9.84 Å². The molecule has 17 heavy (non-hydrogen) atoms. The molecule has 0 saturated heterocycles. The number of thiazole rings is 1. The van der Waals surface area contributed by atoms with Crippen molar-refractivity contribution in [3.05, 3.63) is 17.7 Å². The van der Waals surface area contributed by atoms with Crippen molar-refractivity contribution in [2.45, 2.75) is 18.2 Å². The van der Waals surface area contributed by atoms with E-state index in [0.717, 1.165) is 21.5 Å². The largest absolute Gasteiger partial charge is 0.494 e. The minimum atomic E-state index is -3.24. The molecule has 0 unspecified atom stereocenters. The number of aryl methyl sites for hydroxylation is 1. The Kier molecular flexibility index (Phi) is 3.09. The molecule has 1 heterocycles. The van der Waals surface area contributed by atoms with E-state index in [9.17, 15) is 8.42 Å². The van der Waals surface area contributed by atoms with E-state index in [-0.39, 0.29) is 4.34 Å². The van der Waals surface area contributed by atoms with Gasteiger partial charge in [0.1, 0.15) is 5.75 Å². The summed E-state index contributed by atoms with van der Waals surface area (Å²) in [6, 6.07) is 3.70. The Morgan fingerprint density at radius 1 is 1.41 bits per heavy atom. The molecular weight excluding hydrogens is 258 g/mol. The molecule has 0 atom stereocenters. The molecular formula is C11H13NO3S2. The predicted molar refractivity (Wildman–Crippen MR) is 68.6 cm³/mol. The lowest BCUT2D eigenvalue weighted by Crippen LogP contribution is -1.95. The average molecular weight is 271 g/mol. The van der Waals surface area contributed by atoms with E-state index in [4.69, 9.17) is 4.74 Å². The number of nitrogens with zero attached hydrogens (tertiary/aromatic N) is 1. The van der Waals surface area contributed by atoms with Crippen molar-refractivity contribution >= 4 is 31.4 Å². The number of rotatable bonds is 3. The first-order valence-electron chi connectivity index (χ1n) is 5.16. The van der Waals surface area contributed by atoms with Crippen molar-refractivity contribution < 1.29 is 13.2 Å². The van der Waals surface area contributed by atoms with E-state index in [2.05, 4.69) is 4.98 Å². The van der Waals surface area contributed by atoms with Gasteiger partial charge >= 0.3 is 0 Å². The molecule has 1 aromatic carbocycles. The molecule has 0 amide bonds. The van der Waals surface area contributed by atoms with Crippen molar-refractivity contribution in [1.82, 2.24) is 4.98 Å². The van der Waals surface area contributed by atoms with Gasteiger partial charge in [-0.15, -0.1) is 11.3 Å². The van der Waals surface area contributed by atoms with Gasteiger partial charge in [-0.05, 0) is 31.5 Å². The van der Waals surface area contributed by atoms with Crippen LogP contribution in [0.1, 0.15) is 12.5 Å². The Morgan fingerprint density at radius 2 is 2.12 bits per heavy atom. The summed E-state index contributed by atoms with van der Waals surface area (Å²) in [5.74, 6) is 0.751. The maximum atomic E-state index is 11.4. The Morgan fingerprint density at radius 3 is 2.71 bits per heavy atom. The van der Waals surface area contributed by atoms with Gasteiger partial charge in [-0.1, -0.05) is 0 Å². The standard InChI is InChI=1S/C11H13NO3S2/c1-4-15-8-5-7(2)10-9(6-8)16-11(12-10)17(3,13)14/h5-6H,4H2,1-3H3. The molecule has 0 bridgehead atoms. The third-order valence-electron chi connectivity index (χ3n) is 2.27. The van der Waals surface area contributed by atoms with Crippen LogP contribution < -0.4 is 4.74 Å². The highest BCUT2D eigenvalue weighted by Crippen LogP contribution is 2.31. The molecule has 0 spiro atoms. The van der Waals surface area contributed by atoms with Gasteiger partial charge in [-0.25, -0.2) is 13.4 Å². The number of fused-ring (bicyclic) bond motifs is 1. The zero-order chi connectivity index (χ0) is 12.6. The fourth-order valence-corrected chi connectivity index (χ4v) is 3.49. The van der Waals surface area contributed by atoms with Crippen LogP contribution in [0.25, 0.3) is 10.2 Å². The summed E-state index contributed by atoms with van der Waals surface area (Å²) in [6.45, 7) is 4.40.